The van der Waals surface area contributed by atoms with Crippen molar-refractivity contribution < 1.29 is 47.5 Å². The number of rotatable bonds is 4. The first kappa shape index (κ1) is 16.3. The highest BCUT2D eigenvalue weighted by Crippen LogP contribution is 2.10. The minimum absolute atomic E-state index is 0. The molecule has 0 aliphatic carbocycles. The third-order valence-corrected chi connectivity index (χ3v) is 3.00. The first-order valence-corrected chi connectivity index (χ1v) is 7.89. The molecule has 0 saturated carbocycles. The van der Waals surface area contributed by atoms with E-state index < -0.39 is 32.4 Å². The minimum Gasteiger partial charge on any atom is -1.00 e. The van der Waals surface area contributed by atoms with Crippen LogP contribution < -0.4 is 22.3 Å². The summed E-state index contributed by atoms with van der Waals surface area (Å²) in [6.45, 7) is 0.737. The lowest BCUT2D eigenvalue weighted by molar-refractivity contribution is -0.640. The van der Waals surface area contributed by atoms with Gasteiger partial charge in [0.2, 0.25) is 0 Å². The summed E-state index contributed by atoms with van der Waals surface area (Å²) in [7, 11) is -7.18. The molecule has 1 fully saturated rings. The SMILES string of the molecule is CS(=O)(=O)O[C@@H]1C[NH2+]C[C@H]1OS(C)(=O)=O.[Br-]. The van der Waals surface area contributed by atoms with Gasteiger partial charge in [0.1, 0.15) is 13.1 Å². The number of hydrogen-bond donors (Lipinski definition) is 1. The quantitative estimate of drug-likeness (QED) is 0.512. The fraction of sp³-hybridized carbons (Fsp3) is 1.00. The van der Waals surface area contributed by atoms with Crippen LogP contribution in [0, 0.1) is 0 Å². The number of halogens is 1. The predicted molar refractivity (Wildman–Crippen MR) is 51.1 cm³/mol. The highest BCUT2D eigenvalue weighted by molar-refractivity contribution is 7.86. The first-order valence-electron chi connectivity index (χ1n) is 4.25. The third kappa shape index (κ3) is 6.11. The highest BCUT2D eigenvalue weighted by Gasteiger charge is 2.37. The van der Waals surface area contributed by atoms with Gasteiger partial charge in [-0.2, -0.15) is 16.8 Å². The molecule has 98 valence electrons. The van der Waals surface area contributed by atoms with Crippen molar-refractivity contribution >= 4 is 20.2 Å². The molecular weight excluding hydrogens is 326 g/mol. The monoisotopic (exact) mass is 339 g/mol. The molecule has 0 bridgehead atoms. The summed E-state index contributed by atoms with van der Waals surface area (Å²) in [5, 5.41) is 1.74. The van der Waals surface area contributed by atoms with Crippen LogP contribution in [-0.2, 0) is 28.6 Å². The van der Waals surface area contributed by atoms with Gasteiger partial charge in [-0.15, -0.1) is 0 Å². The molecule has 0 amide bonds. The van der Waals surface area contributed by atoms with Gasteiger partial charge in [-0.05, 0) is 0 Å². The zero-order valence-electron chi connectivity index (χ0n) is 8.79. The standard InChI is InChI=1S/C6H13NO6S2.BrH/c1-14(8,9)12-5-3-7-4-6(5)13-15(2,10)11;/h5-7H,3-4H2,1-2H3;1H/t5-,6-;/m1./s1. The molecule has 0 spiro atoms. The Hall–Kier alpha value is 0.260. The van der Waals surface area contributed by atoms with E-state index in [-0.39, 0.29) is 17.0 Å². The molecule has 16 heavy (non-hydrogen) atoms. The molecule has 0 aromatic rings. The van der Waals surface area contributed by atoms with Crippen molar-refractivity contribution in [3.63, 3.8) is 0 Å². The summed E-state index contributed by atoms with van der Waals surface area (Å²) >= 11 is 0. The molecule has 10 heteroatoms. The third-order valence-electron chi connectivity index (χ3n) is 1.81. The number of hydrogen-bond acceptors (Lipinski definition) is 6. The Morgan fingerprint density at radius 1 is 0.938 bits per heavy atom. The lowest BCUT2D eigenvalue weighted by Crippen LogP contribution is -3.00. The Labute approximate surface area is 106 Å². The molecule has 2 atom stereocenters. The van der Waals surface area contributed by atoms with Crippen LogP contribution >= 0.6 is 0 Å². The molecule has 7 nitrogen and oxygen atoms in total. The van der Waals surface area contributed by atoms with Crippen molar-refractivity contribution in [2.24, 2.45) is 0 Å². The molecule has 0 aromatic heterocycles. The van der Waals surface area contributed by atoms with Gasteiger partial charge in [0.05, 0.1) is 12.5 Å². The van der Waals surface area contributed by atoms with E-state index in [1.54, 1.807) is 5.32 Å². The zero-order chi connectivity index (χ0) is 11.7. The lowest BCUT2D eigenvalue weighted by atomic mass is 10.3. The van der Waals surface area contributed by atoms with E-state index in [9.17, 15) is 16.8 Å². The second-order valence-corrected chi connectivity index (χ2v) is 6.64. The number of nitrogens with two attached hydrogens (primary N) is 1. The van der Waals surface area contributed by atoms with Gasteiger partial charge >= 0.3 is 0 Å². The van der Waals surface area contributed by atoms with Crippen molar-refractivity contribution in [2.45, 2.75) is 12.2 Å². The van der Waals surface area contributed by atoms with Gasteiger partial charge in [-0.25, -0.2) is 0 Å². The van der Waals surface area contributed by atoms with Gasteiger partial charge in [0.15, 0.2) is 12.2 Å². The number of quaternary nitrogens is 1. The molecule has 1 saturated heterocycles. The predicted octanol–water partition coefficient (Wildman–Crippen LogP) is -5.74. The van der Waals surface area contributed by atoms with Crippen molar-refractivity contribution in [3.8, 4) is 0 Å². The smallest absolute Gasteiger partial charge is 0.264 e. The Morgan fingerprint density at radius 2 is 1.25 bits per heavy atom. The molecule has 1 heterocycles. The molecule has 1 rings (SSSR count). The van der Waals surface area contributed by atoms with Gasteiger partial charge in [-0.1, -0.05) is 0 Å². The maximum Gasteiger partial charge on any atom is 0.264 e. The van der Waals surface area contributed by atoms with E-state index in [0.717, 1.165) is 12.5 Å². The normalized spacial score (nSPS) is 26.4. The molecular formula is C6H14BrNO6S2. The summed E-state index contributed by atoms with van der Waals surface area (Å²) in [6, 6.07) is 0. The van der Waals surface area contributed by atoms with Crippen LogP contribution in [-0.4, -0.2) is 54.6 Å². The summed E-state index contributed by atoms with van der Waals surface area (Å²) in [5.41, 5.74) is 0. The zero-order valence-corrected chi connectivity index (χ0v) is 12.0. The van der Waals surface area contributed by atoms with Crippen LogP contribution in [0.25, 0.3) is 0 Å². The van der Waals surface area contributed by atoms with Crippen LogP contribution in [0.2, 0.25) is 0 Å². The van der Waals surface area contributed by atoms with Gasteiger partial charge in [0.25, 0.3) is 20.2 Å². The second-order valence-electron chi connectivity index (χ2n) is 3.44. The second kappa shape index (κ2) is 5.74. The molecule has 1 aliphatic heterocycles. The first-order chi connectivity index (χ1) is 6.67. The largest absolute Gasteiger partial charge is 1.00 e. The molecule has 1 aliphatic rings. The van der Waals surface area contributed by atoms with Gasteiger partial charge < -0.3 is 22.3 Å². The topological polar surface area (TPSA) is 103 Å². The summed E-state index contributed by atoms with van der Waals surface area (Å²) in [4.78, 5) is 0. The summed E-state index contributed by atoms with van der Waals surface area (Å²) in [5.74, 6) is 0. The van der Waals surface area contributed by atoms with Crippen LogP contribution in [0.1, 0.15) is 0 Å². The van der Waals surface area contributed by atoms with E-state index >= 15 is 0 Å². The summed E-state index contributed by atoms with van der Waals surface area (Å²) in [6.07, 6.45) is 0.357. The Bertz CT molecular complexity index is 378. The van der Waals surface area contributed by atoms with Crippen molar-refractivity contribution in [3.05, 3.63) is 0 Å². The molecule has 2 N–H and O–H groups in total. The molecule has 0 unspecified atom stereocenters. The van der Waals surface area contributed by atoms with E-state index in [2.05, 4.69) is 0 Å². The van der Waals surface area contributed by atoms with Crippen molar-refractivity contribution in [1.29, 1.82) is 0 Å². The summed E-state index contributed by atoms with van der Waals surface area (Å²) < 4.78 is 52.8. The maximum atomic E-state index is 10.9. The van der Waals surface area contributed by atoms with Crippen LogP contribution in [0.15, 0.2) is 0 Å². The van der Waals surface area contributed by atoms with Crippen molar-refractivity contribution in [2.75, 3.05) is 25.6 Å². The maximum absolute atomic E-state index is 10.9. The fourth-order valence-electron chi connectivity index (χ4n) is 1.38. The molecule has 0 aromatic carbocycles. The Morgan fingerprint density at radius 3 is 1.50 bits per heavy atom. The van der Waals surface area contributed by atoms with Crippen LogP contribution in [0.5, 0.6) is 0 Å². The molecule has 0 radical (unpaired) electrons. The average molecular weight is 340 g/mol. The fourth-order valence-corrected chi connectivity index (χ4v) is 2.68. The average Bonchev–Trinajstić information content (AvgIpc) is 2.29. The van der Waals surface area contributed by atoms with E-state index in [1.165, 1.54) is 0 Å². The van der Waals surface area contributed by atoms with Crippen LogP contribution in [0.4, 0.5) is 0 Å². The van der Waals surface area contributed by atoms with Gasteiger partial charge in [0, 0.05) is 0 Å². The van der Waals surface area contributed by atoms with Crippen LogP contribution in [0.3, 0.4) is 0 Å². The van der Waals surface area contributed by atoms with E-state index in [0.29, 0.717) is 13.1 Å². The van der Waals surface area contributed by atoms with Crippen molar-refractivity contribution in [1.82, 2.24) is 0 Å². The Kier molecular flexibility index (Phi) is 5.83. The lowest BCUT2D eigenvalue weighted by Gasteiger charge is -2.13. The minimum atomic E-state index is -3.59. The Balaban J connectivity index is 0.00000225. The van der Waals surface area contributed by atoms with E-state index in [1.807, 2.05) is 0 Å². The van der Waals surface area contributed by atoms with E-state index in [4.69, 9.17) is 8.37 Å². The van der Waals surface area contributed by atoms with Gasteiger partial charge in [-0.3, -0.25) is 8.37 Å². The highest BCUT2D eigenvalue weighted by atomic mass is 79.9.